The molecule has 1 aromatic carbocycles. The number of hydrogen-bond acceptors (Lipinski definition) is 4. The molecule has 0 radical (unpaired) electrons. The van der Waals surface area contributed by atoms with Crippen LogP contribution in [0.4, 0.5) is 0 Å². The summed E-state index contributed by atoms with van der Waals surface area (Å²) < 4.78 is 5.54. The Balaban J connectivity index is 0.00000300. The van der Waals surface area contributed by atoms with Crippen LogP contribution >= 0.6 is 24.0 Å². The molecule has 1 aromatic heterocycles. The van der Waals surface area contributed by atoms with Crippen molar-refractivity contribution in [3.63, 3.8) is 0 Å². The molecule has 29 heavy (non-hydrogen) atoms. The van der Waals surface area contributed by atoms with Crippen LogP contribution in [-0.2, 0) is 16.1 Å². The Bertz CT molecular complexity index is 803. The highest BCUT2D eigenvalue weighted by molar-refractivity contribution is 6.30. The van der Waals surface area contributed by atoms with Gasteiger partial charge in [0, 0.05) is 42.6 Å². The van der Waals surface area contributed by atoms with Gasteiger partial charge in [-0.3, -0.25) is 14.6 Å². The number of aromatic nitrogens is 1. The highest BCUT2D eigenvalue weighted by Gasteiger charge is 2.35. The molecule has 1 aliphatic rings. The predicted molar refractivity (Wildman–Crippen MR) is 114 cm³/mol. The largest absolute Gasteiger partial charge is 0.379 e. The average Bonchev–Trinajstić information content (AvgIpc) is 2.73. The second-order valence-corrected chi connectivity index (χ2v) is 7.38. The van der Waals surface area contributed by atoms with Crippen LogP contribution in [0.5, 0.6) is 0 Å². The summed E-state index contributed by atoms with van der Waals surface area (Å²) in [6.45, 7) is 0.453. The van der Waals surface area contributed by atoms with E-state index in [0.717, 1.165) is 18.4 Å². The monoisotopic (exact) mass is 437 g/mol. The van der Waals surface area contributed by atoms with Gasteiger partial charge in [-0.15, -0.1) is 12.4 Å². The van der Waals surface area contributed by atoms with Crippen LogP contribution < -0.4 is 10.6 Å². The molecule has 3 rings (SSSR count). The van der Waals surface area contributed by atoms with Crippen molar-refractivity contribution in [3.8, 4) is 0 Å². The molecule has 2 amide bonds. The van der Waals surface area contributed by atoms with Gasteiger partial charge in [-0.25, -0.2) is 0 Å². The summed E-state index contributed by atoms with van der Waals surface area (Å²) in [6.07, 6.45) is 5.05. The van der Waals surface area contributed by atoms with E-state index in [2.05, 4.69) is 15.6 Å². The minimum absolute atomic E-state index is 0. The number of nitrogens with zero attached hydrogens (tertiary/aromatic N) is 1. The molecule has 2 aromatic rings. The van der Waals surface area contributed by atoms with Crippen molar-refractivity contribution in [2.24, 2.45) is 5.92 Å². The minimum atomic E-state index is -0.217. The first kappa shape index (κ1) is 23.1. The van der Waals surface area contributed by atoms with E-state index in [4.69, 9.17) is 16.3 Å². The Kier molecular flexibility index (Phi) is 8.89. The van der Waals surface area contributed by atoms with Crippen molar-refractivity contribution < 1.29 is 14.3 Å². The molecule has 0 unspecified atom stereocenters. The van der Waals surface area contributed by atoms with Crippen molar-refractivity contribution in [1.29, 1.82) is 0 Å². The summed E-state index contributed by atoms with van der Waals surface area (Å²) in [7, 11) is 1.64. The molecule has 8 heteroatoms. The van der Waals surface area contributed by atoms with Crippen LogP contribution in [0.15, 0.2) is 48.8 Å². The highest BCUT2D eigenvalue weighted by atomic mass is 35.5. The van der Waals surface area contributed by atoms with Crippen molar-refractivity contribution in [1.82, 2.24) is 15.6 Å². The SMILES string of the molecule is CO[C@@H]1CC[C@H](C(=O)NCc2ccc(Cl)cc2)C[C@H]1NC(=O)c1ccncc1.Cl. The van der Waals surface area contributed by atoms with E-state index in [0.29, 0.717) is 23.6 Å². The Hall–Kier alpha value is -2.15. The molecule has 1 fully saturated rings. The van der Waals surface area contributed by atoms with Crippen molar-refractivity contribution in [2.75, 3.05) is 7.11 Å². The second-order valence-electron chi connectivity index (χ2n) is 6.94. The molecule has 3 atom stereocenters. The van der Waals surface area contributed by atoms with Crippen molar-refractivity contribution in [3.05, 3.63) is 64.9 Å². The Morgan fingerprint density at radius 2 is 1.83 bits per heavy atom. The standard InChI is InChI=1S/C21H24ClN3O3.ClH/c1-28-19-7-4-16(20(26)24-13-14-2-5-17(22)6-3-14)12-18(19)25-21(27)15-8-10-23-11-9-15;/h2-3,5-6,8-11,16,18-19H,4,7,12-13H2,1H3,(H,24,26)(H,25,27);1H/t16-,18+,19+;/m0./s1. The first-order valence-corrected chi connectivity index (χ1v) is 9.70. The molecule has 1 saturated carbocycles. The van der Waals surface area contributed by atoms with Gasteiger partial charge in [0.15, 0.2) is 0 Å². The minimum Gasteiger partial charge on any atom is -0.379 e. The first-order valence-electron chi connectivity index (χ1n) is 9.32. The van der Waals surface area contributed by atoms with E-state index in [1.807, 2.05) is 12.1 Å². The van der Waals surface area contributed by atoms with Gasteiger partial charge < -0.3 is 15.4 Å². The Morgan fingerprint density at radius 1 is 1.14 bits per heavy atom. The quantitative estimate of drug-likeness (QED) is 0.725. The fraction of sp³-hybridized carbons (Fsp3) is 0.381. The van der Waals surface area contributed by atoms with Gasteiger partial charge in [0.25, 0.3) is 5.91 Å². The lowest BCUT2D eigenvalue weighted by atomic mass is 9.83. The second kappa shape index (κ2) is 11.1. The van der Waals surface area contributed by atoms with E-state index in [-0.39, 0.29) is 42.3 Å². The number of benzene rings is 1. The van der Waals surface area contributed by atoms with Crippen LogP contribution in [0.3, 0.4) is 0 Å². The average molecular weight is 438 g/mol. The van der Waals surface area contributed by atoms with Crippen LogP contribution in [-0.4, -0.2) is 36.1 Å². The maximum Gasteiger partial charge on any atom is 0.251 e. The zero-order valence-electron chi connectivity index (χ0n) is 16.1. The Labute approximate surface area is 181 Å². The van der Waals surface area contributed by atoms with Gasteiger partial charge in [0.2, 0.25) is 5.91 Å². The number of nitrogens with one attached hydrogen (secondary N) is 2. The van der Waals surface area contributed by atoms with Gasteiger partial charge in [0.1, 0.15) is 0 Å². The number of halogens is 2. The molecule has 0 spiro atoms. The maximum absolute atomic E-state index is 12.6. The number of amides is 2. The molecule has 0 saturated heterocycles. The van der Waals surface area contributed by atoms with Crippen molar-refractivity contribution >= 4 is 35.8 Å². The zero-order chi connectivity index (χ0) is 19.9. The molecule has 6 nitrogen and oxygen atoms in total. The van der Waals surface area contributed by atoms with Gasteiger partial charge >= 0.3 is 0 Å². The third-order valence-corrected chi connectivity index (χ3v) is 5.35. The zero-order valence-corrected chi connectivity index (χ0v) is 17.7. The topological polar surface area (TPSA) is 80.3 Å². The number of ether oxygens (including phenoxy) is 1. The Morgan fingerprint density at radius 3 is 2.48 bits per heavy atom. The fourth-order valence-corrected chi connectivity index (χ4v) is 3.63. The molecule has 0 aliphatic heterocycles. The number of pyridine rings is 1. The molecule has 1 aliphatic carbocycles. The van der Waals surface area contributed by atoms with Crippen LogP contribution in [0, 0.1) is 5.92 Å². The number of carbonyl (C=O) groups is 2. The van der Waals surface area contributed by atoms with Gasteiger partial charge in [-0.05, 0) is 49.1 Å². The summed E-state index contributed by atoms with van der Waals surface area (Å²) in [4.78, 5) is 29.0. The van der Waals surface area contributed by atoms with Gasteiger partial charge in [0.05, 0.1) is 12.1 Å². The summed E-state index contributed by atoms with van der Waals surface area (Å²) in [5.74, 6) is -0.356. The molecular formula is C21H25Cl2N3O3. The number of rotatable bonds is 6. The summed E-state index contributed by atoms with van der Waals surface area (Å²) >= 11 is 5.89. The third kappa shape index (κ3) is 6.42. The number of methoxy groups -OCH3 is 1. The van der Waals surface area contributed by atoms with Gasteiger partial charge in [-0.1, -0.05) is 23.7 Å². The van der Waals surface area contributed by atoms with Crippen molar-refractivity contribution in [2.45, 2.75) is 38.0 Å². The highest BCUT2D eigenvalue weighted by Crippen LogP contribution is 2.27. The molecule has 2 N–H and O–H groups in total. The van der Waals surface area contributed by atoms with Crippen LogP contribution in [0.25, 0.3) is 0 Å². The molecule has 0 bridgehead atoms. The van der Waals surface area contributed by atoms with E-state index < -0.39 is 0 Å². The summed E-state index contributed by atoms with van der Waals surface area (Å²) in [6, 6.07) is 10.5. The molecular weight excluding hydrogens is 413 g/mol. The first-order chi connectivity index (χ1) is 13.6. The summed E-state index contributed by atoms with van der Waals surface area (Å²) in [5, 5.41) is 6.66. The number of carbonyl (C=O) groups excluding carboxylic acids is 2. The summed E-state index contributed by atoms with van der Waals surface area (Å²) in [5.41, 5.74) is 1.53. The van der Waals surface area contributed by atoms with Crippen LogP contribution in [0.1, 0.15) is 35.2 Å². The third-order valence-electron chi connectivity index (χ3n) is 5.10. The molecule has 156 valence electrons. The van der Waals surface area contributed by atoms with Gasteiger partial charge in [-0.2, -0.15) is 0 Å². The van der Waals surface area contributed by atoms with E-state index in [1.165, 1.54) is 0 Å². The van der Waals surface area contributed by atoms with E-state index in [9.17, 15) is 9.59 Å². The normalized spacial score (nSPS) is 21.0. The van der Waals surface area contributed by atoms with Crippen LogP contribution in [0.2, 0.25) is 5.02 Å². The fourth-order valence-electron chi connectivity index (χ4n) is 3.51. The van der Waals surface area contributed by atoms with E-state index in [1.54, 1.807) is 43.8 Å². The number of hydrogen-bond donors (Lipinski definition) is 2. The smallest absolute Gasteiger partial charge is 0.251 e. The maximum atomic E-state index is 12.6. The lowest BCUT2D eigenvalue weighted by Crippen LogP contribution is -2.50. The lowest BCUT2D eigenvalue weighted by molar-refractivity contribution is -0.127. The predicted octanol–water partition coefficient (Wildman–Crippen LogP) is 3.39. The lowest BCUT2D eigenvalue weighted by Gasteiger charge is -2.35. The van der Waals surface area contributed by atoms with E-state index >= 15 is 0 Å². The molecule has 1 heterocycles.